The Morgan fingerprint density at radius 2 is 1.89 bits per heavy atom. The Morgan fingerprint density at radius 1 is 1.25 bits per heavy atom. The molecule has 1 aromatic carbocycles. The average Bonchev–Trinajstić information content (AvgIpc) is 2.66. The summed E-state index contributed by atoms with van der Waals surface area (Å²) in [7, 11) is 0. The molecule has 0 saturated carbocycles. The Morgan fingerprint density at radius 3 is 2.46 bits per heavy atom. The Balaban J connectivity index is 1.62. The SMILES string of the molecule is CC(=NOCCCCC1COC(C)(C(=O)O)OC1)c1ccc(CC(C)C)cc1. The Bertz CT molecular complexity index is 645. The molecular formula is C22H33NO5. The molecule has 0 spiro atoms. The van der Waals surface area contributed by atoms with Gasteiger partial charge in [-0.1, -0.05) is 43.3 Å². The maximum atomic E-state index is 11.1. The van der Waals surface area contributed by atoms with Crippen LogP contribution in [0.4, 0.5) is 0 Å². The summed E-state index contributed by atoms with van der Waals surface area (Å²) >= 11 is 0. The molecule has 2 rings (SSSR count). The normalized spacial score (nSPS) is 23.0. The molecule has 1 aliphatic heterocycles. The van der Waals surface area contributed by atoms with Gasteiger partial charge in [0.1, 0.15) is 6.61 Å². The highest BCUT2D eigenvalue weighted by Gasteiger charge is 2.40. The van der Waals surface area contributed by atoms with Gasteiger partial charge in [0.2, 0.25) is 0 Å². The van der Waals surface area contributed by atoms with Crippen molar-refractivity contribution < 1.29 is 24.2 Å². The van der Waals surface area contributed by atoms with Crippen LogP contribution in [-0.2, 0) is 25.5 Å². The van der Waals surface area contributed by atoms with Crippen molar-refractivity contribution in [1.82, 2.24) is 0 Å². The fourth-order valence-electron chi connectivity index (χ4n) is 3.08. The molecule has 28 heavy (non-hydrogen) atoms. The van der Waals surface area contributed by atoms with Crippen molar-refractivity contribution in [2.24, 2.45) is 17.0 Å². The van der Waals surface area contributed by atoms with E-state index < -0.39 is 11.8 Å². The van der Waals surface area contributed by atoms with Crippen LogP contribution in [0.3, 0.4) is 0 Å². The van der Waals surface area contributed by atoms with Crippen LogP contribution in [0, 0.1) is 11.8 Å². The van der Waals surface area contributed by atoms with Crippen molar-refractivity contribution in [3.8, 4) is 0 Å². The van der Waals surface area contributed by atoms with Crippen LogP contribution in [0.25, 0.3) is 0 Å². The summed E-state index contributed by atoms with van der Waals surface area (Å²) in [4.78, 5) is 16.5. The lowest BCUT2D eigenvalue weighted by Gasteiger charge is -2.34. The summed E-state index contributed by atoms with van der Waals surface area (Å²) in [5.41, 5.74) is 3.29. The number of carboxylic acid groups (broad SMARTS) is 1. The van der Waals surface area contributed by atoms with Gasteiger partial charge in [-0.05, 0) is 49.7 Å². The third kappa shape index (κ3) is 6.91. The van der Waals surface area contributed by atoms with E-state index in [9.17, 15) is 4.79 Å². The van der Waals surface area contributed by atoms with Crippen molar-refractivity contribution in [2.45, 2.75) is 59.2 Å². The van der Waals surface area contributed by atoms with E-state index in [1.807, 2.05) is 6.92 Å². The highest BCUT2D eigenvalue weighted by molar-refractivity contribution is 5.98. The zero-order chi connectivity index (χ0) is 20.6. The lowest BCUT2D eigenvalue weighted by atomic mass is 10.0. The van der Waals surface area contributed by atoms with Gasteiger partial charge < -0.3 is 19.4 Å². The van der Waals surface area contributed by atoms with E-state index in [4.69, 9.17) is 19.4 Å². The zero-order valence-corrected chi connectivity index (χ0v) is 17.4. The molecule has 1 aliphatic rings. The first-order valence-corrected chi connectivity index (χ1v) is 10.1. The Hall–Kier alpha value is -1.92. The predicted octanol–water partition coefficient (Wildman–Crippen LogP) is 4.26. The van der Waals surface area contributed by atoms with Crippen molar-refractivity contribution in [3.05, 3.63) is 35.4 Å². The minimum absolute atomic E-state index is 0.224. The fourth-order valence-corrected chi connectivity index (χ4v) is 3.08. The van der Waals surface area contributed by atoms with Gasteiger partial charge >= 0.3 is 5.97 Å². The van der Waals surface area contributed by atoms with E-state index in [1.165, 1.54) is 12.5 Å². The number of oxime groups is 1. The van der Waals surface area contributed by atoms with Crippen LogP contribution in [0.1, 0.15) is 58.1 Å². The van der Waals surface area contributed by atoms with Crippen LogP contribution >= 0.6 is 0 Å². The lowest BCUT2D eigenvalue weighted by Crippen LogP contribution is -2.47. The Labute approximate surface area is 167 Å². The van der Waals surface area contributed by atoms with Crippen LogP contribution < -0.4 is 0 Å². The van der Waals surface area contributed by atoms with Crippen LogP contribution in [0.5, 0.6) is 0 Å². The molecule has 1 aromatic rings. The first-order chi connectivity index (χ1) is 13.3. The van der Waals surface area contributed by atoms with Crippen LogP contribution in [-0.4, -0.2) is 42.4 Å². The molecule has 156 valence electrons. The standard InChI is InChI=1S/C22H33NO5/c1-16(2)13-18-8-10-20(11-9-18)17(3)23-28-12-6-5-7-19-14-26-22(4,21(24)25)27-15-19/h8-11,16,19H,5-7,12-15H2,1-4H3,(H,24,25). The Kier molecular flexibility index (Phi) is 8.45. The number of ether oxygens (including phenoxy) is 2. The lowest BCUT2D eigenvalue weighted by molar-refractivity contribution is -0.271. The number of unbranched alkanes of at least 4 members (excludes halogenated alkanes) is 1. The van der Waals surface area contributed by atoms with Gasteiger partial charge in [-0.25, -0.2) is 4.79 Å². The van der Waals surface area contributed by atoms with E-state index in [1.54, 1.807) is 0 Å². The molecule has 1 N–H and O–H groups in total. The summed E-state index contributed by atoms with van der Waals surface area (Å²) < 4.78 is 10.7. The third-order valence-corrected chi connectivity index (χ3v) is 4.89. The first kappa shape index (κ1) is 22.4. The molecule has 0 bridgehead atoms. The highest BCUT2D eigenvalue weighted by atomic mass is 16.7. The molecule has 6 heteroatoms. The predicted molar refractivity (Wildman–Crippen MR) is 108 cm³/mol. The second-order valence-corrected chi connectivity index (χ2v) is 8.04. The molecule has 0 amide bonds. The molecule has 0 aliphatic carbocycles. The molecule has 6 nitrogen and oxygen atoms in total. The summed E-state index contributed by atoms with van der Waals surface area (Å²) in [6, 6.07) is 8.48. The maximum absolute atomic E-state index is 11.1. The van der Waals surface area contributed by atoms with Gasteiger partial charge in [0.05, 0.1) is 18.9 Å². The van der Waals surface area contributed by atoms with E-state index >= 15 is 0 Å². The topological polar surface area (TPSA) is 77.4 Å². The summed E-state index contributed by atoms with van der Waals surface area (Å²) in [5.74, 6) is -1.71. The average molecular weight is 392 g/mol. The summed E-state index contributed by atoms with van der Waals surface area (Å²) in [6.07, 6.45) is 3.84. The maximum Gasteiger partial charge on any atom is 0.364 e. The van der Waals surface area contributed by atoms with Gasteiger partial charge in [-0.3, -0.25) is 0 Å². The van der Waals surface area contributed by atoms with Gasteiger partial charge in [0.25, 0.3) is 5.79 Å². The number of carboxylic acids is 1. The molecule has 1 fully saturated rings. The molecule has 1 saturated heterocycles. The molecule has 0 unspecified atom stereocenters. The van der Waals surface area contributed by atoms with E-state index in [0.29, 0.717) is 25.7 Å². The number of rotatable bonds is 10. The van der Waals surface area contributed by atoms with Gasteiger partial charge in [0.15, 0.2) is 0 Å². The minimum atomic E-state index is -1.50. The largest absolute Gasteiger partial charge is 0.477 e. The second kappa shape index (κ2) is 10.6. The van der Waals surface area contributed by atoms with Gasteiger partial charge in [-0.2, -0.15) is 0 Å². The third-order valence-electron chi connectivity index (χ3n) is 4.89. The van der Waals surface area contributed by atoms with Crippen molar-refractivity contribution in [3.63, 3.8) is 0 Å². The monoisotopic (exact) mass is 391 g/mol. The zero-order valence-electron chi connectivity index (χ0n) is 17.4. The number of carbonyl (C=O) groups is 1. The minimum Gasteiger partial charge on any atom is -0.477 e. The van der Waals surface area contributed by atoms with Crippen molar-refractivity contribution in [2.75, 3.05) is 19.8 Å². The quantitative estimate of drug-likeness (QED) is 0.366. The second-order valence-electron chi connectivity index (χ2n) is 8.04. The number of nitrogens with zero attached hydrogens (tertiary/aromatic N) is 1. The molecule has 0 aromatic heterocycles. The number of hydrogen-bond acceptors (Lipinski definition) is 5. The number of benzene rings is 1. The van der Waals surface area contributed by atoms with E-state index in [-0.39, 0.29) is 5.92 Å². The molecule has 0 radical (unpaired) electrons. The van der Waals surface area contributed by atoms with Crippen LogP contribution in [0.2, 0.25) is 0 Å². The van der Waals surface area contributed by atoms with E-state index in [0.717, 1.165) is 37.0 Å². The summed E-state index contributed by atoms with van der Waals surface area (Å²) in [5, 5.41) is 13.3. The van der Waals surface area contributed by atoms with Crippen molar-refractivity contribution in [1.29, 1.82) is 0 Å². The van der Waals surface area contributed by atoms with Gasteiger partial charge in [0, 0.05) is 12.8 Å². The van der Waals surface area contributed by atoms with Gasteiger partial charge in [-0.15, -0.1) is 0 Å². The fraction of sp³-hybridized carbons (Fsp3) is 0.636. The highest BCUT2D eigenvalue weighted by Crippen LogP contribution is 2.24. The number of hydrogen-bond donors (Lipinski definition) is 1. The summed E-state index contributed by atoms with van der Waals surface area (Å²) in [6.45, 7) is 9.21. The van der Waals surface area contributed by atoms with E-state index in [2.05, 4.69) is 43.3 Å². The first-order valence-electron chi connectivity index (χ1n) is 10.1. The van der Waals surface area contributed by atoms with Crippen molar-refractivity contribution >= 4 is 11.7 Å². The molecule has 0 atom stereocenters. The number of aliphatic carboxylic acids is 1. The molecule has 1 heterocycles. The molecular weight excluding hydrogens is 358 g/mol. The smallest absolute Gasteiger partial charge is 0.364 e. The van der Waals surface area contributed by atoms with Crippen LogP contribution in [0.15, 0.2) is 29.4 Å².